The Morgan fingerprint density at radius 2 is 1.57 bits per heavy atom. The van der Waals surface area contributed by atoms with Gasteiger partial charge in [0.25, 0.3) is 11.8 Å². The van der Waals surface area contributed by atoms with E-state index in [0.29, 0.717) is 0 Å². The zero-order valence-corrected chi connectivity index (χ0v) is 11.9. The van der Waals surface area contributed by atoms with Crippen molar-refractivity contribution >= 4 is 23.9 Å². The highest BCUT2D eigenvalue weighted by atomic mass is 16.7. The van der Waals surface area contributed by atoms with Crippen LogP contribution in [0.3, 0.4) is 0 Å². The Balaban J connectivity index is 0.000000203. The first-order valence-corrected chi connectivity index (χ1v) is 6.56. The van der Waals surface area contributed by atoms with Crippen molar-refractivity contribution in [2.75, 3.05) is 13.1 Å². The van der Waals surface area contributed by atoms with Crippen LogP contribution in [0.5, 0.6) is 0 Å². The van der Waals surface area contributed by atoms with Gasteiger partial charge in [-0.3, -0.25) is 19.6 Å². The third-order valence-corrected chi connectivity index (χ3v) is 2.82. The van der Waals surface area contributed by atoms with Crippen LogP contribution in [0.2, 0.25) is 0 Å². The molecule has 0 aromatic heterocycles. The normalized spacial score (nSPS) is 16.9. The predicted molar refractivity (Wildman–Crippen MR) is 73.5 cm³/mol. The van der Waals surface area contributed by atoms with E-state index in [4.69, 9.17) is 10.0 Å². The Morgan fingerprint density at radius 1 is 0.957 bits per heavy atom. The summed E-state index contributed by atoms with van der Waals surface area (Å²) < 4.78 is 0. The second-order valence-corrected chi connectivity index (χ2v) is 4.47. The van der Waals surface area contributed by atoms with Crippen molar-refractivity contribution in [2.45, 2.75) is 6.61 Å². The van der Waals surface area contributed by atoms with Gasteiger partial charge in [0.05, 0.1) is 0 Å². The number of amides is 6. The summed E-state index contributed by atoms with van der Waals surface area (Å²) in [6.07, 6.45) is 0. The summed E-state index contributed by atoms with van der Waals surface area (Å²) in [5.41, 5.74) is 0.907. The van der Waals surface area contributed by atoms with Gasteiger partial charge >= 0.3 is 12.1 Å². The largest absolute Gasteiger partial charge is 0.349 e. The highest BCUT2D eigenvalue weighted by Gasteiger charge is 2.29. The summed E-state index contributed by atoms with van der Waals surface area (Å²) in [6.45, 7) is 0.114. The number of nitrogens with one attached hydrogen (secondary N) is 2. The number of rotatable bonds is 3. The average molecular weight is 322 g/mol. The molecule has 0 unspecified atom stereocenters. The molecule has 6 amide bonds. The summed E-state index contributed by atoms with van der Waals surface area (Å²) in [5.74, 6) is -0.981. The SMILES string of the molecule is O=C1CNC(=O)N1O.O=C1CNC(=O)N1OCc1ccccc1. The molecule has 10 heteroatoms. The first kappa shape index (κ1) is 16.4. The molecule has 122 valence electrons. The quantitative estimate of drug-likeness (QED) is 0.513. The fourth-order valence-electron chi connectivity index (χ4n) is 1.67. The van der Waals surface area contributed by atoms with Gasteiger partial charge in [-0.15, -0.1) is 10.1 Å². The Hall–Kier alpha value is -2.98. The summed E-state index contributed by atoms with van der Waals surface area (Å²) >= 11 is 0. The van der Waals surface area contributed by atoms with Gasteiger partial charge in [-0.05, 0) is 5.56 Å². The second-order valence-electron chi connectivity index (χ2n) is 4.47. The van der Waals surface area contributed by atoms with Crippen LogP contribution in [0, 0.1) is 0 Å². The Labute approximate surface area is 130 Å². The number of hydrogen-bond acceptors (Lipinski definition) is 6. The topological polar surface area (TPSA) is 128 Å². The van der Waals surface area contributed by atoms with Gasteiger partial charge in [0.1, 0.15) is 19.7 Å². The van der Waals surface area contributed by atoms with E-state index in [9.17, 15) is 19.2 Å². The summed E-state index contributed by atoms with van der Waals surface area (Å²) in [4.78, 5) is 47.6. The minimum Gasteiger partial charge on any atom is -0.327 e. The molecule has 10 nitrogen and oxygen atoms in total. The fourth-order valence-corrected chi connectivity index (χ4v) is 1.67. The van der Waals surface area contributed by atoms with Crippen LogP contribution >= 0.6 is 0 Å². The summed E-state index contributed by atoms with van der Waals surface area (Å²) in [6, 6.07) is 8.08. The van der Waals surface area contributed by atoms with E-state index in [-0.39, 0.29) is 30.7 Å². The number of nitrogens with zero attached hydrogens (tertiary/aromatic N) is 2. The lowest BCUT2D eigenvalue weighted by Crippen LogP contribution is -2.30. The van der Waals surface area contributed by atoms with Crippen molar-refractivity contribution in [2.24, 2.45) is 0 Å². The molecule has 0 aliphatic carbocycles. The number of urea groups is 2. The summed E-state index contributed by atoms with van der Waals surface area (Å²) in [7, 11) is 0. The molecular formula is C13H14N4O6. The van der Waals surface area contributed by atoms with Gasteiger partial charge in [-0.2, -0.15) is 0 Å². The molecule has 0 saturated carbocycles. The molecule has 0 radical (unpaired) electrons. The molecule has 1 aromatic rings. The minimum absolute atomic E-state index is 0.00756. The number of carbonyl (C=O) groups is 4. The van der Waals surface area contributed by atoms with Crippen LogP contribution in [-0.2, 0) is 21.0 Å². The zero-order chi connectivity index (χ0) is 16.8. The van der Waals surface area contributed by atoms with Crippen molar-refractivity contribution in [3.8, 4) is 0 Å². The predicted octanol–water partition coefficient (Wildman–Crippen LogP) is -0.403. The third-order valence-electron chi connectivity index (χ3n) is 2.82. The lowest BCUT2D eigenvalue weighted by Gasteiger charge is -2.11. The second kappa shape index (κ2) is 7.33. The van der Waals surface area contributed by atoms with E-state index in [0.717, 1.165) is 10.6 Å². The monoisotopic (exact) mass is 322 g/mol. The molecule has 0 atom stereocenters. The molecule has 3 N–H and O–H groups in total. The van der Waals surface area contributed by atoms with E-state index in [2.05, 4.69) is 10.6 Å². The van der Waals surface area contributed by atoms with Crippen molar-refractivity contribution in [3.63, 3.8) is 0 Å². The molecule has 0 bridgehead atoms. The minimum atomic E-state index is -0.755. The van der Waals surface area contributed by atoms with E-state index < -0.39 is 18.0 Å². The van der Waals surface area contributed by atoms with Gasteiger partial charge in [-0.1, -0.05) is 30.3 Å². The molecule has 1 aromatic carbocycles. The third kappa shape index (κ3) is 4.25. The lowest BCUT2D eigenvalue weighted by molar-refractivity contribution is -0.165. The highest BCUT2D eigenvalue weighted by Crippen LogP contribution is 2.06. The van der Waals surface area contributed by atoms with Gasteiger partial charge < -0.3 is 10.6 Å². The van der Waals surface area contributed by atoms with E-state index in [1.165, 1.54) is 0 Å². The van der Waals surface area contributed by atoms with Gasteiger partial charge in [0, 0.05) is 0 Å². The fraction of sp³-hybridized carbons (Fsp3) is 0.231. The first-order valence-electron chi connectivity index (χ1n) is 6.56. The maximum atomic E-state index is 11.1. The van der Waals surface area contributed by atoms with Crippen LogP contribution in [0.25, 0.3) is 0 Å². The molecule has 2 saturated heterocycles. The molecule has 2 heterocycles. The van der Waals surface area contributed by atoms with Gasteiger partial charge in [-0.25, -0.2) is 9.59 Å². The number of carbonyl (C=O) groups excluding carboxylic acids is 4. The van der Waals surface area contributed by atoms with E-state index in [1.807, 2.05) is 30.3 Å². The van der Waals surface area contributed by atoms with Crippen molar-refractivity contribution in [1.29, 1.82) is 0 Å². The highest BCUT2D eigenvalue weighted by molar-refractivity contribution is 6.01. The number of hydrogen-bond donors (Lipinski definition) is 3. The number of imide groups is 2. The Bertz CT molecular complexity index is 588. The Kier molecular flexibility index (Phi) is 5.23. The summed E-state index contributed by atoms with van der Waals surface area (Å²) in [5, 5.41) is 13.6. The molecule has 2 fully saturated rings. The van der Waals surface area contributed by atoms with Gasteiger partial charge in [0.2, 0.25) is 0 Å². The van der Waals surface area contributed by atoms with Crippen LogP contribution < -0.4 is 10.6 Å². The standard InChI is InChI=1S/C10H10N2O3.C3H4N2O3/c13-9-6-11-10(14)12(9)15-7-8-4-2-1-3-5-8;6-2-1-4-3(7)5(2)8/h1-5H,6-7H2,(H,11,14);8H,1H2,(H,4,7). The van der Waals surface area contributed by atoms with Crippen LogP contribution in [0.1, 0.15) is 5.56 Å². The molecule has 3 rings (SSSR count). The molecule has 23 heavy (non-hydrogen) atoms. The molecule has 2 aliphatic rings. The molecular weight excluding hydrogens is 308 g/mol. The first-order chi connectivity index (χ1) is 11.0. The van der Waals surface area contributed by atoms with Crippen LogP contribution in [-0.4, -0.2) is 52.3 Å². The number of benzene rings is 1. The van der Waals surface area contributed by atoms with E-state index >= 15 is 0 Å². The Morgan fingerprint density at radius 3 is 2.00 bits per heavy atom. The van der Waals surface area contributed by atoms with Crippen molar-refractivity contribution in [3.05, 3.63) is 35.9 Å². The van der Waals surface area contributed by atoms with Crippen molar-refractivity contribution in [1.82, 2.24) is 20.8 Å². The average Bonchev–Trinajstić information content (AvgIpc) is 3.03. The smallest absolute Gasteiger partial charge is 0.327 e. The van der Waals surface area contributed by atoms with Crippen molar-refractivity contribution < 1.29 is 29.2 Å². The van der Waals surface area contributed by atoms with Gasteiger partial charge in [0.15, 0.2) is 0 Å². The van der Waals surface area contributed by atoms with Crippen LogP contribution in [0.15, 0.2) is 30.3 Å². The molecule has 2 aliphatic heterocycles. The van der Waals surface area contributed by atoms with E-state index in [1.54, 1.807) is 0 Å². The maximum Gasteiger partial charge on any atom is 0.349 e. The number of hydroxylamine groups is 4. The van der Waals surface area contributed by atoms with Crippen LogP contribution in [0.4, 0.5) is 9.59 Å². The zero-order valence-electron chi connectivity index (χ0n) is 11.9. The lowest BCUT2D eigenvalue weighted by atomic mass is 10.2. The maximum absolute atomic E-state index is 11.1. The molecule has 0 spiro atoms.